The van der Waals surface area contributed by atoms with Gasteiger partial charge in [0.25, 0.3) is 0 Å². The number of fused-ring (bicyclic) bond motifs is 10. The molecule has 0 heteroatoms. The molecule has 0 radical (unpaired) electrons. The quantitative estimate of drug-likeness (QED) is 0.300. The van der Waals surface area contributed by atoms with Crippen LogP contribution in [0.5, 0.6) is 0 Å². The lowest BCUT2D eigenvalue weighted by atomic mass is 9.50. The standard InChI is InChI=1S/C50H64/c1-2-13-29(14-3-1)41-28-33(25-30-15-4-7-18-34(30)41)44-42-26-31-16-5-8-19-35(31)45-40-24-12-23-39-37-21-10-11-22-38(37)47(46(39)40)43-27-32-17-6-9-20-36(32)48(44)50(43)49(42)45/h1-4,7,13-15,18,28,31-33,35-40,42-50H,5-6,8-12,16-17,19-27H2. The average molecular weight is 665 g/mol. The minimum Gasteiger partial charge on any atom is -0.0723 e. The maximum absolute atomic E-state index is 2.93. The highest BCUT2D eigenvalue weighted by atomic mass is 14.8. The number of rotatable bonds is 2. The summed E-state index contributed by atoms with van der Waals surface area (Å²) < 4.78 is 0. The highest BCUT2D eigenvalue weighted by Gasteiger charge is 2.71. The van der Waals surface area contributed by atoms with Crippen molar-refractivity contribution in [2.75, 3.05) is 0 Å². The summed E-state index contributed by atoms with van der Waals surface area (Å²) in [6.07, 6.45) is 31.2. The fourth-order valence-corrected chi connectivity index (χ4v) is 18.8. The van der Waals surface area contributed by atoms with E-state index in [4.69, 9.17) is 0 Å². The molecule has 0 heterocycles. The monoisotopic (exact) mass is 665 g/mol. The summed E-state index contributed by atoms with van der Waals surface area (Å²) >= 11 is 0. The fraction of sp³-hybridized carbons (Fsp3) is 0.720. The Balaban J connectivity index is 1.05. The SMILES string of the molecule is C1=C(c2ccccc2)c2ccccc2CC1C1C2CC3CCCCC3C3C4CCCC5C6CCCCC6C(C6CC7CCCCC7C1C6C23)C54. The molecule has 18 unspecified atom stereocenters. The molecule has 264 valence electrons. The van der Waals surface area contributed by atoms with E-state index in [-0.39, 0.29) is 0 Å². The van der Waals surface area contributed by atoms with Gasteiger partial charge in [0.05, 0.1) is 0 Å². The van der Waals surface area contributed by atoms with Gasteiger partial charge in [0.2, 0.25) is 0 Å². The van der Waals surface area contributed by atoms with E-state index < -0.39 is 0 Å². The molecule has 0 saturated heterocycles. The average Bonchev–Trinajstić information content (AvgIpc) is 3.66. The topological polar surface area (TPSA) is 0 Å². The first-order valence-corrected chi connectivity index (χ1v) is 22.7. The number of benzene rings is 2. The van der Waals surface area contributed by atoms with Crippen molar-refractivity contribution in [3.8, 4) is 0 Å². The highest BCUT2D eigenvalue weighted by Crippen LogP contribution is 2.77. The maximum atomic E-state index is 2.93. The summed E-state index contributed by atoms with van der Waals surface area (Å²) in [5, 5.41) is 0. The van der Waals surface area contributed by atoms with Crippen molar-refractivity contribution in [1.29, 1.82) is 0 Å². The van der Waals surface area contributed by atoms with Crippen molar-refractivity contribution in [2.24, 2.45) is 107 Å². The third-order valence-electron chi connectivity index (χ3n) is 19.5. The normalized spacial score (nSPS) is 51.1. The van der Waals surface area contributed by atoms with Gasteiger partial charge in [-0.15, -0.1) is 0 Å². The van der Waals surface area contributed by atoms with Gasteiger partial charge in [-0.05, 0) is 187 Å². The Morgan fingerprint density at radius 3 is 1.68 bits per heavy atom. The molecule has 0 bridgehead atoms. The van der Waals surface area contributed by atoms with E-state index in [0.29, 0.717) is 0 Å². The maximum Gasteiger partial charge on any atom is -0.0146 e. The van der Waals surface area contributed by atoms with Gasteiger partial charge < -0.3 is 0 Å². The second kappa shape index (κ2) is 11.8. The molecule has 10 aliphatic rings. The summed E-state index contributed by atoms with van der Waals surface area (Å²) in [5.41, 5.74) is 6.25. The first kappa shape index (κ1) is 30.6. The molecule has 2 aromatic rings. The molecule has 50 heavy (non-hydrogen) atoms. The Bertz CT molecular complexity index is 1620. The Morgan fingerprint density at radius 2 is 0.900 bits per heavy atom. The smallest absolute Gasteiger partial charge is 0.0146 e. The van der Waals surface area contributed by atoms with Gasteiger partial charge in [0.15, 0.2) is 0 Å². The summed E-state index contributed by atoms with van der Waals surface area (Å²) in [7, 11) is 0. The van der Waals surface area contributed by atoms with E-state index in [1.807, 2.05) is 0 Å². The lowest BCUT2D eigenvalue weighted by Crippen LogP contribution is -2.48. The van der Waals surface area contributed by atoms with Gasteiger partial charge in [0, 0.05) is 0 Å². The van der Waals surface area contributed by atoms with Crippen molar-refractivity contribution < 1.29 is 0 Å². The van der Waals surface area contributed by atoms with Crippen LogP contribution < -0.4 is 0 Å². The van der Waals surface area contributed by atoms with Crippen LogP contribution >= 0.6 is 0 Å². The summed E-state index contributed by atoms with van der Waals surface area (Å²) in [5.74, 6) is 18.9. The Hall–Kier alpha value is -1.82. The van der Waals surface area contributed by atoms with Crippen molar-refractivity contribution in [3.63, 3.8) is 0 Å². The van der Waals surface area contributed by atoms with E-state index >= 15 is 0 Å². The van der Waals surface area contributed by atoms with E-state index in [0.717, 1.165) is 107 Å². The second-order valence-corrected chi connectivity index (χ2v) is 20.6. The van der Waals surface area contributed by atoms with E-state index in [2.05, 4.69) is 60.7 Å². The molecule has 9 fully saturated rings. The van der Waals surface area contributed by atoms with Crippen LogP contribution in [0.25, 0.3) is 5.57 Å². The van der Waals surface area contributed by atoms with Crippen LogP contribution in [-0.2, 0) is 6.42 Å². The Kier molecular flexibility index (Phi) is 7.25. The van der Waals surface area contributed by atoms with Crippen LogP contribution in [0.1, 0.15) is 126 Å². The van der Waals surface area contributed by atoms with Crippen molar-refractivity contribution in [1.82, 2.24) is 0 Å². The molecule has 12 rings (SSSR count). The summed E-state index contributed by atoms with van der Waals surface area (Å²) in [4.78, 5) is 0. The van der Waals surface area contributed by atoms with E-state index in [1.165, 1.54) is 31.2 Å². The molecule has 0 amide bonds. The third-order valence-corrected chi connectivity index (χ3v) is 19.5. The molecular formula is C50H64. The van der Waals surface area contributed by atoms with Crippen molar-refractivity contribution >= 4 is 5.57 Å². The molecule has 0 spiro atoms. The molecule has 0 nitrogen and oxygen atoms in total. The van der Waals surface area contributed by atoms with Crippen LogP contribution in [0.15, 0.2) is 60.7 Å². The van der Waals surface area contributed by atoms with Crippen molar-refractivity contribution in [2.45, 2.75) is 116 Å². The molecule has 0 N–H and O–H groups in total. The lowest BCUT2D eigenvalue weighted by Gasteiger charge is -2.54. The minimum absolute atomic E-state index is 0.727. The largest absolute Gasteiger partial charge is 0.0723 e. The first-order valence-electron chi connectivity index (χ1n) is 22.7. The van der Waals surface area contributed by atoms with Crippen LogP contribution in [-0.4, -0.2) is 0 Å². The van der Waals surface area contributed by atoms with Gasteiger partial charge in [-0.25, -0.2) is 0 Å². The summed E-state index contributed by atoms with van der Waals surface area (Å²) in [6, 6.07) is 21.3. The zero-order valence-corrected chi connectivity index (χ0v) is 30.9. The van der Waals surface area contributed by atoms with Crippen LogP contribution in [0.4, 0.5) is 0 Å². The molecule has 0 aromatic heterocycles. The minimum atomic E-state index is 0.727. The Morgan fingerprint density at radius 1 is 0.380 bits per heavy atom. The van der Waals surface area contributed by atoms with Gasteiger partial charge in [-0.1, -0.05) is 118 Å². The van der Waals surface area contributed by atoms with Crippen LogP contribution in [0.3, 0.4) is 0 Å². The van der Waals surface area contributed by atoms with Gasteiger partial charge in [-0.3, -0.25) is 0 Å². The first-order chi connectivity index (χ1) is 24.8. The fourth-order valence-electron chi connectivity index (χ4n) is 18.8. The predicted molar refractivity (Wildman–Crippen MR) is 205 cm³/mol. The molecular weight excluding hydrogens is 601 g/mol. The van der Waals surface area contributed by atoms with E-state index in [9.17, 15) is 0 Å². The van der Waals surface area contributed by atoms with Gasteiger partial charge in [-0.2, -0.15) is 0 Å². The molecule has 2 aromatic carbocycles. The van der Waals surface area contributed by atoms with E-state index in [1.54, 1.807) is 107 Å². The lowest BCUT2D eigenvalue weighted by molar-refractivity contribution is -0.0610. The molecule has 18 atom stereocenters. The number of hydrogen-bond donors (Lipinski definition) is 0. The number of allylic oxidation sites excluding steroid dienone is 1. The van der Waals surface area contributed by atoms with Gasteiger partial charge >= 0.3 is 0 Å². The highest BCUT2D eigenvalue weighted by molar-refractivity contribution is 5.82. The Labute approximate surface area is 304 Å². The van der Waals surface area contributed by atoms with Crippen LogP contribution in [0, 0.1) is 107 Å². The van der Waals surface area contributed by atoms with Crippen LogP contribution in [0.2, 0.25) is 0 Å². The van der Waals surface area contributed by atoms with Gasteiger partial charge in [0.1, 0.15) is 0 Å². The summed E-state index contributed by atoms with van der Waals surface area (Å²) in [6.45, 7) is 0. The zero-order valence-electron chi connectivity index (χ0n) is 30.9. The van der Waals surface area contributed by atoms with Crippen molar-refractivity contribution in [3.05, 3.63) is 77.4 Å². The third kappa shape index (κ3) is 4.29. The number of hydrogen-bond acceptors (Lipinski definition) is 0. The predicted octanol–water partition coefficient (Wildman–Crippen LogP) is 12.5. The zero-order chi connectivity index (χ0) is 32.5. The molecule has 0 aliphatic heterocycles. The molecule has 10 aliphatic carbocycles. The second-order valence-electron chi connectivity index (χ2n) is 20.6. The molecule has 9 saturated carbocycles.